The average Bonchev–Trinajstić information content (AvgIpc) is 2.84. The lowest BCUT2D eigenvalue weighted by Crippen LogP contribution is -2.38. The van der Waals surface area contributed by atoms with E-state index in [4.69, 9.17) is 0 Å². The molecule has 4 aromatic rings. The molecule has 0 unspecified atom stereocenters. The minimum atomic E-state index is -3.95. The zero-order valence-corrected chi connectivity index (χ0v) is 20.5. The van der Waals surface area contributed by atoms with E-state index < -0.39 is 15.9 Å². The van der Waals surface area contributed by atoms with Crippen LogP contribution in [0.4, 0.5) is 11.4 Å². The smallest absolute Gasteiger partial charge is 0.264 e. The summed E-state index contributed by atoms with van der Waals surface area (Å²) >= 11 is 0. The van der Waals surface area contributed by atoms with Gasteiger partial charge < -0.3 is 5.32 Å². The minimum absolute atomic E-state index is 0.132. The maximum atomic E-state index is 13.5. The van der Waals surface area contributed by atoms with Crippen LogP contribution in [0.25, 0.3) is 0 Å². The number of carbonyl (C=O) groups excluding carboxylic acids is 1. The molecule has 0 aliphatic rings. The van der Waals surface area contributed by atoms with E-state index in [0.29, 0.717) is 11.4 Å². The van der Waals surface area contributed by atoms with Crippen LogP contribution in [-0.2, 0) is 21.2 Å². The summed E-state index contributed by atoms with van der Waals surface area (Å²) in [5.41, 5.74) is 5.13. The van der Waals surface area contributed by atoms with Crippen LogP contribution in [0.15, 0.2) is 102 Å². The van der Waals surface area contributed by atoms with Crippen molar-refractivity contribution in [3.8, 4) is 0 Å². The predicted molar refractivity (Wildman–Crippen MR) is 139 cm³/mol. The van der Waals surface area contributed by atoms with E-state index in [1.807, 2.05) is 56.3 Å². The Hall–Kier alpha value is -3.97. The second-order valence-corrected chi connectivity index (χ2v) is 10.3. The number of hydrogen-bond donors (Lipinski definition) is 1. The van der Waals surface area contributed by atoms with Crippen LogP contribution < -0.4 is 9.62 Å². The van der Waals surface area contributed by atoms with Crippen molar-refractivity contribution >= 4 is 27.3 Å². The molecule has 1 amide bonds. The van der Waals surface area contributed by atoms with Crippen LogP contribution in [0, 0.1) is 13.8 Å². The van der Waals surface area contributed by atoms with Gasteiger partial charge in [-0.15, -0.1) is 0 Å². The molecule has 35 heavy (non-hydrogen) atoms. The molecule has 0 aliphatic carbocycles. The number of hydrogen-bond acceptors (Lipinski definition) is 4. The van der Waals surface area contributed by atoms with Crippen molar-refractivity contribution in [2.75, 3.05) is 16.2 Å². The Morgan fingerprint density at radius 3 is 2.06 bits per heavy atom. The van der Waals surface area contributed by atoms with Gasteiger partial charge in [0.05, 0.1) is 10.6 Å². The molecule has 0 spiro atoms. The highest BCUT2D eigenvalue weighted by Crippen LogP contribution is 2.26. The van der Waals surface area contributed by atoms with Crippen molar-refractivity contribution in [2.45, 2.75) is 25.2 Å². The van der Waals surface area contributed by atoms with Crippen LogP contribution in [0.1, 0.15) is 22.3 Å². The van der Waals surface area contributed by atoms with Crippen molar-refractivity contribution in [3.05, 3.63) is 120 Å². The summed E-state index contributed by atoms with van der Waals surface area (Å²) in [6, 6.07) is 25.1. The molecule has 0 radical (unpaired) electrons. The molecule has 1 heterocycles. The van der Waals surface area contributed by atoms with Crippen LogP contribution in [0.5, 0.6) is 0 Å². The van der Waals surface area contributed by atoms with Crippen molar-refractivity contribution in [1.82, 2.24) is 4.98 Å². The molecule has 0 saturated heterocycles. The number of anilines is 2. The van der Waals surface area contributed by atoms with Gasteiger partial charge in [0, 0.05) is 18.1 Å². The number of carbonyl (C=O) groups is 1. The Labute approximate surface area is 206 Å². The molecule has 0 bridgehead atoms. The van der Waals surface area contributed by atoms with E-state index >= 15 is 0 Å². The Morgan fingerprint density at radius 2 is 1.43 bits per heavy atom. The van der Waals surface area contributed by atoms with Gasteiger partial charge in [0.2, 0.25) is 5.91 Å². The number of aromatic nitrogens is 1. The summed E-state index contributed by atoms with van der Waals surface area (Å²) in [5, 5.41) is 2.83. The van der Waals surface area contributed by atoms with Gasteiger partial charge >= 0.3 is 0 Å². The Balaban J connectivity index is 1.54. The highest BCUT2D eigenvalue weighted by Gasteiger charge is 2.27. The third-order valence-corrected chi connectivity index (χ3v) is 7.30. The third-order valence-electron chi connectivity index (χ3n) is 5.51. The van der Waals surface area contributed by atoms with E-state index in [-0.39, 0.29) is 11.4 Å². The first-order valence-electron chi connectivity index (χ1n) is 11.2. The van der Waals surface area contributed by atoms with Crippen molar-refractivity contribution < 1.29 is 13.2 Å². The molecule has 1 aromatic heterocycles. The molecule has 4 rings (SSSR count). The molecule has 178 valence electrons. The number of nitrogens with zero attached hydrogens (tertiary/aromatic N) is 2. The third kappa shape index (κ3) is 6.13. The molecule has 0 fully saturated rings. The SMILES string of the molecule is Cc1cc(C)cc(N(CC(=O)Nc2ccc(Cc3ccncc3)cc2)S(=O)(=O)c2ccccc2)c1. The van der Waals surface area contributed by atoms with E-state index in [9.17, 15) is 13.2 Å². The summed E-state index contributed by atoms with van der Waals surface area (Å²) in [6.45, 7) is 3.45. The fraction of sp³-hybridized carbons (Fsp3) is 0.143. The Kier molecular flexibility index (Phi) is 7.27. The van der Waals surface area contributed by atoms with Gasteiger partial charge in [-0.25, -0.2) is 8.42 Å². The standard InChI is InChI=1S/C28H27N3O3S/c1-21-16-22(2)18-26(17-21)31(35(33,34)27-6-4-3-5-7-27)20-28(32)30-25-10-8-23(9-11-25)19-24-12-14-29-15-13-24/h3-18H,19-20H2,1-2H3,(H,30,32). The van der Waals surface area contributed by atoms with E-state index in [1.165, 1.54) is 12.1 Å². The lowest BCUT2D eigenvalue weighted by molar-refractivity contribution is -0.114. The number of amides is 1. The fourth-order valence-corrected chi connectivity index (χ4v) is 5.33. The number of pyridine rings is 1. The van der Waals surface area contributed by atoms with E-state index in [0.717, 1.165) is 33.0 Å². The molecule has 7 heteroatoms. The second kappa shape index (κ2) is 10.5. The number of sulfonamides is 1. The van der Waals surface area contributed by atoms with Crippen LogP contribution in [0.3, 0.4) is 0 Å². The van der Waals surface area contributed by atoms with Gasteiger partial charge in [-0.3, -0.25) is 14.1 Å². The van der Waals surface area contributed by atoms with Gasteiger partial charge in [0.1, 0.15) is 6.54 Å². The molecule has 1 N–H and O–H groups in total. The molecular formula is C28H27N3O3S. The highest BCUT2D eigenvalue weighted by molar-refractivity contribution is 7.92. The number of nitrogens with one attached hydrogen (secondary N) is 1. The lowest BCUT2D eigenvalue weighted by Gasteiger charge is -2.25. The van der Waals surface area contributed by atoms with Gasteiger partial charge in [0.15, 0.2) is 0 Å². The predicted octanol–water partition coefficient (Wildman–Crippen LogP) is 5.12. The quantitative estimate of drug-likeness (QED) is 0.376. The molecule has 3 aromatic carbocycles. The number of benzene rings is 3. The van der Waals surface area contributed by atoms with Crippen LogP contribution >= 0.6 is 0 Å². The maximum Gasteiger partial charge on any atom is 0.264 e. The Morgan fingerprint density at radius 1 is 0.829 bits per heavy atom. The van der Waals surface area contributed by atoms with Gasteiger partial charge in [-0.05, 0) is 91.1 Å². The average molecular weight is 486 g/mol. The number of rotatable bonds is 8. The fourth-order valence-electron chi connectivity index (χ4n) is 3.90. The number of aryl methyl sites for hydroxylation is 2. The summed E-state index contributed by atoms with van der Waals surface area (Å²) in [4.78, 5) is 17.2. The summed E-state index contributed by atoms with van der Waals surface area (Å²) in [6.07, 6.45) is 4.27. The van der Waals surface area contributed by atoms with Crippen LogP contribution in [0.2, 0.25) is 0 Å². The van der Waals surface area contributed by atoms with Gasteiger partial charge in [-0.2, -0.15) is 0 Å². The van der Waals surface area contributed by atoms with Gasteiger partial charge in [0.25, 0.3) is 10.0 Å². The first-order chi connectivity index (χ1) is 16.8. The lowest BCUT2D eigenvalue weighted by atomic mass is 10.1. The van der Waals surface area contributed by atoms with Gasteiger partial charge in [-0.1, -0.05) is 36.4 Å². The van der Waals surface area contributed by atoms with Crippen molar-refractivity contribution in [2.24, 2.45) is 0 Å². The topological polar surface area (TPSA) is 79.4 Å². The monoisotopic (exact) mass is 485 g/mol. The summed E-state index contributed by atoms with van der Waals surface area (Å²) in [7, 11) is -3.95. The summed E-state index contributed by atoms with van der Waals surface area (Å²) < 4.78 is 28.2. The molecule has 6 nitrogen and oxygen atoms in total. The molecule has 0 atom stereocenters. The second-order valence-electron chi connectivity index (χ2n) is 8.45. The largest absolute Gasteiger partial charge is 0.325 e. The van der Waals surface area contributed by atoms with E-state index in [2.05, 4.69) is 10.3 Å². The normalized spacial score (nSPS) is 11.1. The maximum absolute atomic E-state index is 13.5. The summed E-state index contributed by atoms with van der Waals surface area (Å²) in [5.74, 6) is -0.425. The molecule has 0 aliphatic heterocycles. The highest BCUT2D eigenvalue weighted by atomic mass is 32.2. The van der Waals surface area contributed by atoms with Crippen molar-refractivity contribution in [3.63, 3.8) is 0 Å². The van der Waals surface area contributed by atoms with Crippen molar-refractivity contribution in [1.29, 1.82) is 0 Å². The minimum Gasteiger partial charge on any atom is -0.325 e. The zero-order chi connectivity index (χ0) is 24.8. The first-order valence-corrected chi connectivity index (χ1v) is 12.7. The zero-order valence-electron chi connectivity index (χ0n) is 19.7. The van der Waals surface area contributed by atoms with Crippen LogP contribution in [-0.4, -0.2) is 25.9 Å². The molecule has 0 saturated carbocycles. The Bertz CT molecular complexity index is 1390. The first kappa shape index (κ1) is 24.2. The molecular weight excluding hydrogens is 458 g/mol. The van der Waals surface area contributed by atoms with E-state index in [1.54, 1.807) is 42.7 Å².